The maximum absolute atomic E-state index is 5.53. The number of halogens is 1. The summed E-state index contributed by atoms with van der Waals surface area (Å²) >= 11 is 3.55. The Morgan fingerprint density at radius 1 is 1.15 bits per heavy atom. The first-order valence-electron chi connectivity index (χ1n) is 6.64. The van der Waals surface area contributed by atoms with Crippen LogP contribution in [0.1, 0.15) is 5.56 Å². The quantitative estimate of drug-likeness (QED) is 0.885. The Hall–Kier alpha value is -1.68. The fourth-order valence-corrected chi connectivity index (χ4v) is 2.91. The average Bonchev–Trinajstić information content (AvgIpc) is 2.46. The van der Waals surface area contributed by atoms with Crippen molar-refractivity contribution in [3.63, 3.8) is 0 Å². The summed E-state index contributed by atoms with van der Waals surface area (Å²) in [5.41, 5.74) is 4.68. The molecule has 0 unspecified atom stereocenters. The number of rotatable bonds is 2. The Morgan fingerprint density at radius 3 is 2.80 bits per heavy atom. The SMILES string of the molecule is COc1ccc(C)cc1N1CCNc2ccc(Br)cc21. The van der Waals surface area contributed by atoms with Gasteiger partial charge in [0.1, 0.15) is 5.75 Å². The number of ether oxygens (including phenoxy) is 1. The summed E-state index contributed by atoms with van der Waals surface area (Å²) in [6, 6.07) is 12.6. The van der Waals surface area contributed by atoms with Gasteiger partial charge >= 0.3 is 0 Å². The Morgan fingerprint density at radius 2 is 2.00 bits per heavy atom. The maximum atomic E-state index is 5.53. The molecule has 0 aliphatic carbocycles. The van der Waals surface area contributed by atoms with Gasteiger partial charge in [0.15, 0.2) is 0 Å². The minimum Gasteiger partial charge on any atom is -0.495 e. The second-order valence-corrected chi connectivity index (χ2v) is 5.83. The van der Waals surface area contributed by atoms with E-state index in [9.17, 15) is 0 Å². The molecule has 2 aromatic rings. The van der Waals surface area contributed by atoms with Crippen molar-refractivity contribution in [1.82, 2.24) is 0 Å². The number of hydrogen-bond donors (Lipinski definition) is 1. The van der Waals surface area contributed by atoms with Gasteiger partial charge in [0.2, 0.25) is 0 Å². The van der Waals surface area contributed by atoms with Crippen LogP contribution >= 0.6 is 15.9 Å². The molecular weight excluding hydrogens is 316 g/mol. The number of fused-ring (bicyclic) bond motifs is 1. The van der Waals surface area contributed by atoms with Crippen molar-refractivity contribution in [1.29, 1.82) is 0 Å². The van der Waals surface area contributed by atoms with E-state index >= 15 is 0 Å². The summed E-state index contributed by atoms with van der Waals surface area (Å²) in [5.74, 6) is 0.906. The summed E-state index contributed by atoms with van der Waals surface area (Å²) in [4.78, 5) is 2.31. The molecule has 4 heteroatoms. The molecular formula is C16H17BrN2O. The van der Waals surface area contributed by atoms with E-state index in [1.165, 1.54) is 11.3 Å². The van der Waals surface area contributed by atoms with Gasteiger partial charge in [0.25, 0.3) is 0 Å². The Labute approximate surface area is 127 Å². The summed E-state index contributed by atoms with van der Waals surface area (Å²) in [7, 11) is 1.72. The molecule has 0 amide bonds. The number of anilines is 3. The third-order valence-corrected chi connectivity index (χ3v) is 4.02. The summed E-state index contributed by atoms with van der Waals surface area (Å²) in [6.07, 6.45) is 0. The molecule has 2 aromatic carbocycles. The normalized spacial score (nSPS) is 13.7. The standard InChI is InChI=1S/C16H17BrN2O/c1-11-3-6-16(20-2)15(9-11)19-8-7-18-13-5-4-12(17)10-14(13)19/h3-6,9-10,18H,7-8H2,1-2H3. The van der Waals surface area contributed by atoms with Crippen molar-refractivity contribution in [2.24, 2.45) is 0 Å². The number of nitrogens with one attached hydrogen (secondary N) is 1. The zero-order chi connectivity index (χ0) is 14.1. The molecule has 3 rings (SSSR count). The zero-order valence-electron chi connectivity index (χ0n) is 11.6. The van der Waals surface area contributed by atoms with E-state index < -0.39 is 0 Å². The number of aryl methyl sites for hydroxylation is 1. The van der Waals surface area contributed by atoms with Crippen LogP contribution in [0, 0.1) is 6.92 Å². The number of hydrogen-bond acceptors (Lipinski definition) is 3. The van der Waals surface area contributed by atoms with Gasteiger partial charge in [-0.2, -0.15) is 0 Å². The van der Waals surface area contributed by atoms with Crippen LogP contribution in [0.15, 0.2) is 40.9 Å². The molecule has 0 spiro atoms. The van der Waals surface area contributed by atoms with Crippen molar-refractivity contribution in [2.75, 3.05) is 30.4 Å². The molecule has 1 heterocycles. The Kier molecular flexibility index (Phi) is 3.57. The highest BCUT2D eigenvalue weighted by Crippen LogP contribution is 2.40. The lowest BCUT2D eigenvalue weighted by atomic mass is 10.1. The Balaban J connectivity index is 2.13. The minimum atomic E-state index is 0.906. The number of methoxy groups -OCH3 is 1. The van der Waals surface area contributed by atoms with Crippen molar-refractivity contribution >= 4 is 33.0 Å². The van der Waals surface area contributed by atoms with Gasteiger partial charge in [0, 0.05) is 17.6 Å². The molecule has 0 saturated carbocycles. The average molecular weight is 333 g/mol. The molecule has 1 N–H and O–H groups in total. The lowest BCUT2D eigenvalue weighted by Crippen LogP contribution is -2.30. The highest BCUT2D eigenvalue weighted by atomic mass is 79.9. The lowest BCUT2D eigenvalue weighted by Gasteiger charge is -2.33. The molecule has 1 aliphatic rings. The predicted octanol–water partition coefficient (Wildman–Crippen LogP) is 4.33. The van der Waals surface area contributed by atoms with Crippen LogP contribution in [0.4, 0.5) is 17.1 Å². The maximum Gasteiger partial charge on any atom is 0.142 e. The van der Waals surface area contributed by atoms with E-state index in [1.807, 2.05) is 6.07 Å². The van der Waals surface area contributed by atoms with Crippen LogP contribution in [0.25, 0.3) is 0 Å². The third kappa shape index (κ3) is 2.36. The first-order valence-corrected chi connectivity index (χ1v) is 7.44. The van der Waals surface area contributed by atoms with Crippen LogP contribution in [-0.4, -0.2) is 20.2 Å². The van der Waals surface area contributed by atoms with Crippen molar-refractivity contribution in [3.8, 4) is 5.75 Å². The molecule has 3 nitrogen and oxygen atoms in total. The van der Waals surface area contributed by atoms with Crippen LogP contribution in [-0.2, 0) is 0 Å². The van der Waals surface area contributed by atoms with E-state index in [2.05, 4.69) is 63.4 Å². The molecule has 20 heavy (non-hydrogen) atoms. The van der Waals surface area contributed by atoms with Crippen LogP contribution < -0.4 is 15.0 Å². The molecule has 0 saturated heterocycles. The van der Waals surface area contributed by atoms with E-state index in [4.69, 9.17) is 4.74 Å². The monoisotopic (exact) mass is 332 g/mol. The van der Waals surface area contributed by atoms with Gasteiger partial charge < -0.3 is 15.0 Å². The fraction of sp³-hybridized carbons (Fsp3) is 0.250. The third-order valence-electron chi connectivity index (χ3n) is 3.53. The number of nitrogens with zero attached hydrogens (tertiary/aromatic N) is 1. The summed E-state index contributed by atoms with van der Waals surface area (Å²) in [5, 5.41) is 3.44. The highest BCUT2D eigenvalue weighted by molar-refractivity contribution is 9.10. The van der Waals surface area contributed by atoms with Crippen molar-refractivity contribution in [3.05, 3.63) is 46.4 Å². The van der Waals surface area contributed by atoms with Crippen LogP contribution in [0.3, 0.4) is 0 Å². The van der Waals surface area contributed by atoms with E-state index in [0.717, 1.165) is 34.7 Å². The van der Waals surface area contributed by atoms with E-state index in [-0.39, 0.29) is 0 Å². The van der Waals surface area contributed by atoms with Gasteiger partial charge in [-0.15, -0.1) is 0 Å². The first kappa shape index (κ1) is 13.3. The second-order valence-electron chi connectivity index (χ2n) is 4.92. The molecule has 0 bridgehead atoms. The van der Waals surface area contributed by atoms with E-state index in [1.54, 1.807) is 7.11 Å². The topological polar surface area (TPSA) is 24.5 Å². The Bertz CT molecular complexity index is 642. The summed E-state index contributed by atoms with van der Waals surface area (Å²) in [6.45, 7) is 3.95. The minimum absolute atomic E-state index is 0.906. The largest absolute Gasteiger partial charge is 0.495 e. The molecule has 0 aromatic heterocycles. The van der Waals surface area contributed by atoms with Crippen molar-refractivity contribution < 1.29 is 4.74 Å². The smallest absolute Gasteiger partial charge is 0.142 e. The second kappa shape index (κ2) is 5.37. The molecule has 0 radical (unpaired) electrons. The van der Waals surface area contributed by atoms with Gasteiger partial charge in [0.05, 0.1) is 24.2 Å². The van der Waals surface area contributed by atoms with Gasteiger partial charge in [-0.1, -0.05) is 22.0 Å². The van der Waals surface area contributed by atoms with Crippen LogP contribution in [0.2, 0.25) is 0 Å². The fourth-order valence-electron chi connectivity index (χ4n) is 2.56. The van der Waals surface area contributed by atoms with Gasteiger partial charge in [-0.3, -0.25) is 0 Å². The molecule has 104 valence electrons. The molecule has 0 fully saturated rings. The highest BCUT2D eigenvalue weighted by Gasteiger charge is 2.21. The zero-order valence-corrected chi connectivity index (χ0v) is 13.2. The lowest BCUT2D eigenvalue weighted by molar-refractivity contribution is 0.415. The summed E-state index contributed by atoms with van der Waals surface area (Å²) < 4.78 is 6.61. The van der Waals surface area contributed by atoms with Crippen molar-refractivity contribution in [2.45, 2.75) is 6.92 Å². The molecule has 0 atom stereocenters. The van der Waals surface area contributed by atoms with Gasteiger partial charge in [-0.05, 0) is 42.8 Å². The molecule has 1 aliphatic heterocycles. The predicted molar refractivity (Wildman–Crippen MR) is 87.4 cm³/mol. The van der Waals surface area contributed by atoms with E-state index in [0.29, 0.717) is 0 Å². The van der Waals surface area contributed by atoms with Crippen LogP contribution in [0.5, 0.6) is 5.75 Å². The number of benzene rings is 2. The first-order chi connectivity index (χ1) is 9.69. The van der Waals surface area contributed by atoms with Gasteiger partial charge in [-0.25, -0.2) is 0 Å².